The molecule has 0 heteroatoms. The Bertz CT molecular complexity index is 3820. The van der Waals surface area contributed by atoms with Gasteiger partial charge in [0.25, 0.3) is 0 Å². The molecule has 0 radical (unpaired) electrons. The summed E-state index contributed by atoms with van der Waals surface area (Å²) in [7, 11) is 0. The summed E-state index contributed by atoms with van der Waals surface area (Å²) in [5.41, 5.74) is 12.4. The molecule has 0 N–H and O–H groups in total. The predicted octanol–water partition coefficient (Wildman–Crippen LogP) is 17.5. The molecule has 0 bridgehead atoms. The van der Waals surface area contributed by atoms with Crippen LogP contribution < -0.4 is 0 Å². The maximum absolute atomic E-state index is 8.89. The number of rotatable bonds is 6. The Balaban J connectivity index is 0.935. The maximum Gasteiger partial charge on any atom is 0.0629 e. The van der Waals surface area contributed by atoms with Gasteiger partial charge in [-0.3, -0.25) is 0 Å². The van der Waals surface area contributed by atoms with Crippen molar-refractivity contribution in [3.05, 3.63) is 243 Å². The van der Waals surface area contributed by atoms with Gasteiger partial charge in [-0.05, 0) is 139 Å². The zero-order valence-corrected chi connectivity index (χ0v) is 33.7. The standard InChI is InChI=1S/C62H40/c1-3-16-41(17-4-1)45-20-15-21-49(39-45)61-55-26-11-13-28-57(55)62(58-29-14-12-27-56(58)61)50-37-36-47-38-46(34-35-48(47)40-50)42-30-32-44(33-31-42)60-53-24-9-7-22-51(53)59(43-18-5-2-6-19-43)52-23-8-10-25-54(52)60/h1-40H/i2D,5D,6D,18D,19D. The van der Waals surface area contributed by atoms with E-state index in [0.717, 1.165) is 49.2 Å². The van der Waals surface area contributed by atoms with Crippen LogP contribution >= 0.6 is 0 Å². The molecule has 0 fully saturated rings. The summed E-state index contributed by atoms with van der Waals surface area (Å²) in [6.07, 6.45) is 0. The lowest BCUT2D eigenvalue weighted by molar-refractivity contribution is 1.61. The van der Waals surface area contributed by atoms with E-state index in [1.54, 1.807) is 0 Å². The van der Waals surface area contributed by atoms with E-state index in [0.29, 0.717) is 5.56 Å². The molecule has 0 spiro atoms. The van der Waals surface area contributed by atoms with Gasteiger partial charge in [0.15, 0.2) is 0 Å². The van der Waals surface area contributed by atoms with Crippen LogP contribution in [-0.4, -0.2) is 0 Å². The summed E-state index contributed by atoms with van der Waals surface area (Å²) < 4.78 is 42.9. The molecule has 0 atom stereocenters. The Morgan fingerprint density at radius 1 is 0.210 bits per heavy atom. The molecule has 288 valence electrons. The molecular formula is C62H40. The van der Waals surface area contributed by atoms with Crippen LogP contribution in [0.2, 0.25) is 0 Å². The fourth-order valence-electron chi connectivity index (χ4n) is 9.73. The van der Waals surface area contributed by atoms with Gasteiger partial charge in [0.2, 0.25) is 0 Å². The Labute approximate surface area is 368 Å². The van der Waals surface area contributed by atoms with Crippen molar-refractivity contribution in [1.82, 2.24) is 0 Å². The van der Waals surface area contributed by atoms with E-state index in [1.165, 1.54) is 60.3 Å². The first kappa shape index (κ1) is 30.9. The molecule has 0 nitrogen and oxygen atoms in total. The SMILES string of the molecule is [2H]c1c([2H])c([2H])c(-c2c3ccccc3c(-c3ccc(-c4ccc5cc(-c6c7ccccc7c(-c7cccc(-c8ccccc8)c7)c7ccccc67)ccc5c4)cc3)c3ccccc23)c([2H])c1[2H]. The van der Waals surface area contributed by atoms with Crippen LogP contribution in [0, 0.1) is 0 Å². The molecule has 0 saturated carbocycles. The lowest BCUT2D eigenvalue weighted by atomic mass is 9.85. The second kappa shape index (κ2) is 14.9. The van der Waals surface area contributed by atoms with Crippen LogP contribution in [-0.2, 0) is 0 Å². The van der Waals surface area contributed by atoms with Crippen molar-refractivity contribution in [3.63, 3.8) is 0 Å². The van der Waals surface area contributed by atoms with Crippen molar-refractivity contribution in [1.29, 1.82) is 0 Å². The van der Waals surface area contributed by atoms with Gasteiger partial charge in [0, 0.05) is 0 Å². The second-order valence-corrected chi connectivity index (χ2v) is 16.0. The van der Waals surface area contributed by atoms with Crippen molar-refractivity contribution in [2.24, 2.45) is 0 Å². The second-order valence-electron chi connectivity index (χ2n) is 16.0. The van der Waals surface area contributed by atoms with Crippen molar-refractivity contribution in [2.75, 3.05) is 0 Å². The van der Waals surface area contributed by atoms with Gasteiger partial charge in [0.05, 0.1) is 6.85 Å². The van der Waals surface area contributed by atoms with Crippen molar-refractivity contribution in [3.8, 4) is 66.8 Å². The third-order valence-electron chi connectivity index (χ3n) is 12.5. The van der Waals surface area contributed by atoms with E-state index in [-0.39, 0.29) is 29.7 Å². The lowest BCUT2D eigenvalue weighted by Crippen LogP contribution is -1.91. The fourth-order valence-corrected chi connectivity index (χ4v) is 9.73. The number of hydrogen-bond acceptors (Lipinski definition) is 0. The van der Waals surface area contributed by atoms with Gasteiger partial charge >= 0.3 is 0 Å². The molecule has 0 amide bonds. The van der Waals surface area contributed by atoms with E-state index in [1.807, 2.05) is 36.4 Å². The summed E-state index contributed by atoms with van der Waals surface area (Å²) in [5.74, 6) is 0. The molecule has 12 rings (SSSR count). The molecule has 0 aliphatic carbocycles. The zero-order chi connectivity index (χ0) is 45.3. The molecule has 0 aliphatic heterocycles. The van der Waals surface area contributed by atoms with Crippen molar-refractivity contribution < 1.29 is 6.85 Å². The van der Waals surface area contributed by atoms with Gasteiger partial charge in [-0.15, -0.1) is 0 Å². The van der Waals surface area contributed by atoms with Gasteiger partial charge in [-0.1, -0.05) is 224 Å². The highest BCUT2D eigenvalue weighted by Gasteiger charge is 2.19. The smallest absolute Gasteiger partial charge is 0.0622 e. The summed E-state index contributed by atoms with van der Waals surface area (Å²) in [5, 5.41) is 10.8. The van der Waals surface area contributed by atoms with E-state index < -0.39 is 6.04 Å². The molecule has 0 unspecified atom stereocenters. The molecule has 0 saturated heterocycles. The topological polar surface area (TPSA) is 0 Å². The van der Waals surface area contributed by atoms with E-state index in [2.05, 4.69) is 176 Å². The zero-order valence-electron chi connectivity index (χ0n) is 38.7. The summed E-state index contributed by atoms with van der Waals surface area (Å²) in [4.78, 5) is 0. The van der Waals surface area contributed by atoms with Crippen molar-refractivity contribution >= 4 is 53.9 Å². The normalized spacial score (nSPS) is 12.7. The highest BCUT2D eigenvalue weighted by molar-refractivity contribution is 6.23. The minimum atomic E-state index is -0.397. The minimum absolute atomic E-state index is 0.206. The fraction of sp³-hybridized carbons (Fsp3) is 0. The number of fused-ring (bicyclic) bond motifs is 5. The van der Waals surface area contributed by atoms with Gasteiger partial charge in [-0.2, -0.15) is 0 Å². The molecule has 0 heterocycles. The third kappa shape index (κ3) is 5.99. The van der Waals surface area contributed by atoms with Crippen LogP contribution in [0.3, 0.4) is 0 Å². The maximum atomic E-state index is 8.89. The van der Waals surface area contributed by atoms with Crippen molar-refractivity contribution in [2.45, 2.75) is 0 Å². The highest BCUT2D eigenvalue weighted by atomic mass is 14.2. The van der Waals surface area contributed by atoms with Crippen LogP contribution in [0.15, 0.2) is 243 Å². The molecule has 0 aromatic heterocycles. The Morgan fingerprint density at radius 2 is 0.532 bits per heavy atom. The number of hydrogen-bond donors (Lipinski definition) is 0. The van der Waals surface area contributed by atoms with Crippen LogP contribution in [0.25, 0.3) is 121 Å². The Kier molecular flexibility index (Phi) is 7.42. The quantitative estimate of drug-likeness (QED) is 0.147. The molecule has 0 aliphatic rings. The Hall–Kier alpha value is -8.06. The average molecular weight is 790 g/mol. The van der Waals surface area contributed by atoms with E-state index in [9.17, 15) is 0 Å². The van der Waals surface area contributed by atoms with E-state index in [4.69, 9.17) is 6.85 Å². The summed E-state index contributed by atoms with van der Waals surface area (Å²) >= 11 is 0. The highest BCUT2D eigenvalue weighted by Crippen LogP contribution is 2.46. The minimum Gasteiger partial charge on any atom is -0.0622 e. The molecule has 12 aromatic carbocycles. The van der Waals surface area contributed by atoms with Gasteiger partial charge in [0.1, 0.15) is 0 Å². The van der Waals surface area contributed by atoms with Gasteiger partial charge < -0.3 is 0 Å². The third-order valence-corrected chi connectivity index (χ3v) is 12.5. The first-order valence-electron chi connectivity index (χ1n) is 23.6. The molecular weight excluding hydrogens is 745 g/mol. The largest absolute Gasteiger partial charge is 0.0629 e. The monoisotopic (exact) mass is 789 g/mol. The molecule has 62 heavy (non-hydrogen) atoms. The van der Waals surface area contributed by atoms with Crippen LogP contribution in [0.5, 0.6) is 0 Å². The summed E-state index contributed by atoms with van der Waals surface area (Å²) in [6, 6.07) is 73.9. The first-order chi connectivity index (χ1) is 32.8. The van der Waals surface area contributed by atoms with E-state index >= 15 is 0 Å². The number of benzene rings is 12. The lowest BCUT2D eigenvalue weighted by Gasteiger charge is -2.18. The molecule has 12 aromatic rings. The Morgan fingerprint density at radius 3 is 1.05 bits per heavy atom. The predicted molar refractivity (Wildman–Crippen MR) is 267 cm³/mol. The van der Waals surface area contributed by atoms with Crippen LogP contribution in [0.1, 0.15) is 6.85 Å². The summed E-state index contributed by atoms with van der Waals surface area (Å²) in [6.45, 7) is 0. The first-order valence-corrected chi connectivity index (χ1v) is 21.1. The van der Waals surface area contributed by atoms with Gasteiger partial charge in [-0.25, -0.2) is 0 Å². The van der Waals surface area contributed by atoms with Crippen LogP contribution in [0.4, 0.5) is 0 Å². The average Bonchev–Trinajstić information content (AvgIpc) is 3.39.